The molecule has 0 aliphatic rings. The van der Waals surface area contributed by atoms with E-state index in [0.29, 0.717) is 5.56 Å². The number of benzene rings is 3. The van der Waals surface area contributed by atoms with Crippen molar-refractivity contribution in [1.82, 2.24) is 0 Å². The molecular formula is C35H42O2. The molecule has 3 rings (SSSR count). The number of carbonyl (C=O) groups is 1. The van der Waals surface area contributed by atoms with Crippen molar-refractivity contribution in [2.24, 2.45) is 0 Å². The molecule has 3 aromatic rings. The zero-order chi connectivity index (χ0) is 26.0. The average molecular weight is 495 g/mol. The lowest BCUT2D eigenvalue weighted by Gasteiger charge is -2.07. The van der Waals surface area contributed by atoms with Crippen LogP contribution in [-0.4, -0.2) is 12.4 Å². The second kappa shape index (κ2) is 17.1. The van der Waals surface area contributed by atoms with Crippen molar-refractivity contribution in [2.45, 2.75) is 70.6 Å². The van der Waals surface area contributed by atoms with Crippen molar-refractivity contribution in [3.8, 4) is 5.75 Å². The Morgan fingerprint density at radius 2 is 1.22 bits per heavy atom. The van der Waals surface area contributed by atoms with Crippen LogP contribution in [0.4, 0.5) is 0 Å². The lowest BCUT2D eigenvalue weighted by molar-refractivity contribution is 0.104. The fourth-order valence-electron chi connectivity index (χ4n) is 4.40. The lowest BCUT2D eigenvalue weighted by atomic mass is 10.0. The Balaban J connectivity index is 1.14. The van der Waals surface area contributed by atoms with Gasteiger partial charge in [-0.3, -0.25) is 4.79 Å². The average Bonchev–Trinajstić information content (AvgIpc) is 2.95. The van der Waals surface area contributed by atoms with Crippen molar-refractivity contribution in [3.05, 3.63) is 114 Å². The number of rotatable bonds is 18. The molecule has 3 aromatic carbocycles. The van der Waals surface area contributed by atoms with Gasteiger partial charge in [0, 0.05) is 5.56 Å². The van der Waals surface area contributed by atoms with E-state index < -0.39 is 0 Å². The predicted molar refractivity (Wildman–Crippen MR) is 158 cm³/mol. The monoisotopic (exact) mass is 494 g/mol. The highest BCUT2D eigenvalue weighted by atomic mass is 16.5. The van der Waals surface area contributed by atoms with Crippen LogP contribution in [-0.2, 0) is 6.42 Å². The zero-order valence-electron chi connectivity index (χ0n) is 22.2. The first kappa shape index (κ1) is 28.2. The summed E-state index contributed by atoms with van der Waals surface area (Å²) in [6, 6.07) is 26.0. The summed E-state index contributed by atoms with van der Waals surface area (Å²) in [5.74, 6) is 0.906. The van der Waals surface area contributed by atoms with Gasteiger partial charge in [0.05, 0.1) is 6.61 Å². The smallest absolute Gasteiger partial charge is 0.185 e. The van der Waals surface area contributed by atoms with Gasteiger partial charge in [-0.15, -0.1) is 0 Å². The van der Waals surface area contributed by atoms with Crippen LogP contribution in [0.25, 0.3) is 12.2 Å². The van der Waals surface area contributed by atoms with Gasteiger partial charge in [-0.05, 0) is 54.2 Å². The lowest BCUT2D eigenvalue weighted by Crippen LogP contribution is -1.97. The maximum atomic E-state index is 12.2. The molecule has 0 fully saturated rings. The Kier molecular flexibility index (Phi) is 13.1. The number of carbonyl (C=O) groups excluding carboxylic acids is 1. The molecule has 2 nitrogen and oxygen atoms in total. The molecule has 0 aliphatic carbocycles. The van der Waals surface area contributed by atoms with Crippen LogP contribution in [0.1, 0.15) is 91.3 Å². The highest BCUT2D eigenvalue weighted by Gasteiger charge is 2.00. The molecule has 0 bridgehead atoms. The van der Waals surface area contributed by atoms with E-state index in [4.69, 9.17) is 4.74 Å². The van der Waals surface area contributed by atoms with E-state index in [2.05, 4.69) is 30.8 Å². The van der Waals surface area contributed by atoms with Crippen LogP contribution in [0, 0.1) is 0 Å². The van der Waals surface area contributed by atoms with E-state index in [0.717, 1.165) is 24.3 Å². The van der Waals surface area contributed by atoms with Gasteiger partial charge >= 0.3 is 0 Å². The number of unbranched alkanes of at least 4 members (excludes halogenated alkanes) is 9. The minimum atomic E-state index is 0.0164. The Labute approximate surface area is 224 Å². The molecule has 0 unspecified atom stereocenters. The van der Waals surface area contributed by atoms with E-state index in [1.807, 2.05) is 66.7 Å². The van der Waals surface area contributed by atoms with Gasteiger partial charge in [-0.2, -0.15) is 0 Å². The number of hydrogen-bond acceptors (Lipinski definition) is 2. The van der Waals surface area contributed by atoms with E-state index >= 15 is 0 Å². The Hall–Kier alpha value is -3.39. The standard InChI is InChI=1S/C35H42O2/c1-2-30-19-21-31(22-20-30)16-12-9-7-5-3-4-6-8-10-15-29-37-34-26-23-32(24-27-34)25-28-35(36)33-17-13-11-14-18-33/h2,11,13-14,17-28H,1,3-10,12,15-16,29H2. The first-order chi connectivity index (χ1) is 18.2. The molecular weight excluding hydrogens is 452 g/mol. The SMILES string of the molecule is C=Cc1ccc(CCCCCCCCCCCCOc2ccc(C=CC(=O)c3ccccc3)cc2)cc1. The van der Waals surface area contributed by atoms with Crippen LogP contribution in [0.5, 0.6) is 5.75 Å². The van der Waals surface area contributed by atoms with Crippen LogP contribution in [0.3, 0.4) is 0 Å². The molecule has 0 atom stereocenters. The second-order valence-electron chi connectivity index (χ2n) is 9.71. The second-order valence-corrected chi connectivity index (χ2v) is 9.71. The highest BCUT2D eigenvalue weighted by molar-refractivity contribution is 6.06. The Bertz CT molecular complexity index is 1060. The summed E-state index contributed by atoms with van der Waals surface area (Å²) in [6.07, 6.45) is 19.6. The largest absolute Gasteiger partial charge is 0.494 e. The molecule has 194 valence electrons. The molecule has 0 heterocycles. The molecule has 2 heteroatoms. The molecule has 0 aromatic heterocycles. The van der Waals surface area contributed by atoms with Crippen LogP contribution < -0.4 is 4.74 Å². The van der Waals surface area contributed by atoms with Crippen LogP contribution in [0.15, 0.2) is 91.5 Å². The third kappa shape index (κ3) is 11.5. The van der Waals surface area contributed by atoms with E-state index in [9.17, 15) is 4.79 Å². The molecule has 0 radical (unpaired) electrons. The molecule has 0 saturated carbocycles. The van der Waals surface area contributed by atoms with Gasteiger partial charge in [0.25, 0.3) is 0 Å². The Morgan fingerprint density at radius 3 is 1.84 bits per heavy atom. The highest BCUT2D eigenvalue weighted by Crippen LogP contribution is 2.16. The zero-order valence-corrected chi connectivity index (χ0v) is 22.2. The van der Waals surface area contributed by atoms with Gasteiger partial charge in [-0.1, -0.05) is 137 Å². The number of allylic oxidation sites excluding steroid dienone is 1. The molecule has 0 aliphatic heterocycles. The Morgan fingerprint density at radius 1 is 0.649 bits per heavy atom. The summed E-state index contributed by atoms with van der Waals surface area (Å²) in [4.78, 5) is 12.2. The fraction of sp³-hybridized carbons (Fsp3) is 0.343. The molecule has 0 spiro atoms. The topological polar surface area (TPSA) is 26.3 Å². The molecule has 0 N–H and O–H groups in total. The van der Waals surface area contributed by atoms with Gasteiger partial charge in [0.1, 0.15) is 5.75 Å². The van der Waals surface area contributed by atoms with Gasteiger partial charge in [-0.25, -0.2) is 0 Å². The third-order valence-corrected chi connectivity index (χ3v) is 6.71. The van der Waals surface area contributed by atoms with E-state index in [1.165, 1.54) is 75.3 Å². The summed E-state index contributed by atoms with van der Waals surface area (Å²) in [5.41, 5.74) is 4.34. The maximum absolute atomic E-state index is 12.2. The van der Waals surface area contributed by atoms with Gasteiger partial charge < -0.3 is 4.74 Å². The maximum Gasteiger partial charge on any atom is 0.185 e. The summed E-state index contributed by atoms with van der Waals surface area (Å²) in [7, 11) is 0. The van der Waals surface area contributed by atoms with E-state index in [-0.39, 0.29) is 5.78 Å². The molecule has 37 heavy (non-hydrogen) atoms. The van der Waals surface area contributed by atoms with E-state index in [1.54, 1.807) is 6.08 Å². The predicted octanol–water partition coefficient (Wildman–Crippen LogP) is 9.75. The summed E-state index contributed by atoms with van der Waals surface area (Å²) in [5, 5.41) is 0. The third-order valence-electron chi connectivity index (χ3n) is 6.71. The normalized spacial score (nSPS) is 11.0. The summed E-state index contributed by atoms with van der Waals surface area (Å²) in [6.45, 7) is 4.57. The van der Waals surface area contributed by atoms with Crippen molar-refractivity contribution in [2.75, 3.05) is 6.61 Å². The summed E-state index contributed by atoms with van der Waals surface area (Å²) >= 11 is 0. The fourth-order valence-corrected chi connectivity index (χ4v) is 4.40. The van der Waals surface area contributed by atoms with Crippen molar-refractivity contribution in [3.63, 3.8) is 0 Å². The van der Waals surface area contributed by atoms with Crippen molar-refractivity contribution < 1.29 is 9.53 Å². The van der Waals surface area contributed by atoms with Gasteiger partial charge in [0.15, 0.2) is 5.78 Å². The first-order valence-corrected chi connectivity index (χ1v) is 14.0. The van der Waals surface area contributed by atoms with Crippen LogP contribution in [0.2, 0.25) is 0 Å². The quantitative estimate of drug-likeness (QED) is 0.0999. The minimum Gasteiger partial charge on any atom is -0.494 e. The van der Waals surface area contributed by atoms with Crippen molar-refractivity contribution in [1.29, 1.82) is 0 Å². The van der Waals surface area contributed by atoms with Crippen molar-refractivity contribution >= 4 is 17.9 Å². The van der Waals surface area contributed by atoms with Gasteiger partial charge in [0.2, 0.25) is 0 Å². The van der Waals surface area contributed by atoms with Crippen LogP contribution >= 0.6 is 0 Å². The number of ether oxygens (including phenoxy) is 1. The minimum absolute atomic E-state index is 0.0164. The first-order valence-electron chi connectivity index (χ1n) is 14.0. The molecule has 0 amide bonds. The number of ketones is 1. The summed E-state index contributed by atoms with van der Waals surface area (Å²) < 4.78 is 5.89. The number of hydrogen-bond donors (Lipinski definition) is 0. The molecule has 0 saturated heterocycles. The number of aryl methyl sites for hydroxylation is 1.